The molecule has 212 valence electrons. The highest BCUT2D eigenvalue weighted by Crippen LogP contribution is 2.44. The lowest BCUT2D eigenvalue weighted by molar-refractivity contribution is -2.00. The van der Waals surface area contributed by atoms with Crippen LogP contribution in [0.3, 0.4) is 0 Å². The van der Waals surface area contributed by atoms with Crippen molar-refractivity contribution in [3.63, 3.8) is 0 Å². The largest absolute Gasteiger partial charge is 0.378 e. The number of thiophene rings is 2. The molecule has 2 aromatic heterocycles. The summed E-state index contributed by atoms with van der Waals surface area (Å²) in [7, 11) is -4.94. The van der Waals surface area contributed by atoms with E-state index < -0.39 is 10.2 Å². The predicted octanol–water partition coefficient (Wildman–Crippen LogP) is -1.30. The second-order valence-corrected chi connectivity index (χ2v) is 12.7. The van der Waals surface area contributed by atoms with E-state index in [2.05, 4.69) is 44.9 Å². The molecule has 3 fully saturated rings. The average molecular weight is 617 g/mol. The van der Waals surface area contributed by atoms with Crippen molar-refractivity contribution in [3.8, 4) is 0 Å². The zero-order chi connectivity index (χ0) is 27.2. The number of rotatable bonds is 4. The number of amidine groups is 1. The molecule has 2 aromatic rings. The number of allylic oxidation sites excluding steroid dienone is 1. The van der Waals surface area contributed by atoms with E-state index in [4.69, 9.17) is 37.8 Å². The van der Waals surface area contributed by atoms with Crippen molar-refractivity contribution in [1.29, 1.82) is 0 Å². The van der Waals surface area contributed by atoms with Crippen LogP contribution in [0.1, 0.15) is 9.75 Å². The zero-order valence-corrected chi connectivity index (χ0v) is 24.3. The van der Waals surface area contributed by atoms with Gasteiger partial charge in [-0.2, -0.15) is 0 Å². The van der Waals surface area contributed by atoms with Crippen molar-refractivity contribution in [1.82, 2.24) is 0 Å². The van der Waals surface area contributed by atoms with Crippen LogP contribution in [-0.2, 0) is 14.2 Å². The molecule has 4 aliphatic rings. The molecule has 0 spiro atoms. The summed E-state index contributed by atoms with van der Waals surface area (Å²) in [6.07, 6.45) is 2.06. The van der Waals surface area contributed by atoms with E-state index in [1.807, 2.05) is 22.7 Å². The summed E-state index contributed by atoms with van der Waals surface area (Å²) in [6.45, 7) is 10.4. The first-order valence-corrected chi connectivity index (χ1v) is 16.2. The minimum Gasteiger partial charge on any atom is -0.378 e. The summed E-state index contributed by atoms with van der Waals surface area (Å²) in [5, 5.41) is 3.73. The van der Waals surface area contributed by atoms with Crippen LogP contribution >= 0.6 is 34.4 Å². The van der Waals surface area contributed by atoms with E-state index in [0.717, 1.165) is 84.1 Å². The number of morpholine rings is 3. The van der Waals surface area contributed by atoms with Crippen LogP contribution in [0.15, 0.2) is 34.2 Å². The third-order valence-corrected chi connectivity index (χ3v) is 9.75. The van der Waals surface area contributed by atoms with Gasteiger partial charge in [-0.25, -0.2) is 23.2 Å². The lowest BCUT2D eigenvalue weighted by Crippen LogP contribution is -2.68. The summed E-state index contributed by atoms with van der Waals surface area (Å²) >= 11 is 5.55. The number of thioether (sulfide) groups is 1. The van der Waals surface area contributed by atoms with Gasteiger partial charge in [0.25, 0.3) is 0 Å². The molecule has 0 amide bonds. The van der Waals surface area contributed by atoms with E-state index in [-0.39, 0.29) is 0 Å². The Labute approximate surface area is 241 Å². The normalized spacial score (nSPS) is 20.4. The van der Waals surface area contributed by atoms with E-state index in [9.17, 15) is 0 Å². The van der Waals surface area contributed by atoms with E-state index in [0.29, 0.717) is 0 Å². The summed E-state index contributed by atoms with van der Waals surface area (Å²) in [5.41, 5.74) is 1.30. The molecule has 0 aliphatic carbocycles. The van der Waals surface area contributed by atoms with E-state index >= 15 is 0 Å². The molecule has 6 rings (SSSR count). The molecule has 0 bridgehead atoms. The van der Waals surface area contributed by atoms with Gasteiger partial charge in [0.1, 0.15) is 13.1 Å². The van der Waals surface area contributed by atoms with Crippen molar-refractivity contribution in [2.75, 3.05) is 88.7 Å². The van der Waals surface area contributed by atoms with Crippen molar-refractivity contribution in [2.24, 2.45) is 4.99 Å². The van der Waals surface area contributed by atoms with Crippen LogP contribution in [0, 0.1) is 10.2 Å². The van der Waals surface area contributed by atoms with Gasteiger partial charge < -0.3 is 24.0 Å². The molecular formula is C24H29ClN4O7S3. The highest BCUT2D eigenvalue weighted by Gasteiger charge is 2.29. The second kappa shape index (κ2) is 13.4. The molecule has 3 saturated heterocycles. The first-order valence-electron chi connectivity index (χ1n) is 12.5. The maximum atomic E-state index is 8.49. The molecule has 4 aliphatic heterocycles. The van der Waals surface area contributed by atoms with Gasteiger partial charge in [0.05, 0.1) is 54.5 Å². The van der Waals surface area contributed by atoms with Gasteiger partial charge in [-0.15, -0.1) is 32.9 Å². The maximum Gasteiger partial charge on any atom is 0.359 e. The van der Waals surface area contributed by atoms with E-state index in [1.165, 1.54) is 30.2 Å². The molecule has 39 heavy (non-hydrogen) atoms. The number of hydrogen-bond acceptors (Lipinski definition) is 12. The van der Waals surface area contributed by atoms with Crippen LogP contribution in [0.4, 0.5) is 10.0 Å². The first-order chi connectivity index (χ1) is 18.8. The second-order valence-electron chi connectivity index (χ2n) is 8.83. The quantitative estimate of drug-likeness (QED) is 0.381. The van der Waals surface area contributed by atoms with Crippen LogP contribution in [0.2, 0.25) is 0 Å². The summed E-state index contributed by atoms with van der Waals surface area (Å²) in [6, 6.07) is 9.11. The first kappa shape index (κ1) is 29.0. The lowest BCUT2D eigenvalue weighted by atomic mass is 10.1. The monoisotopic (exact) mass is 616 g/mol. The fourth-order valence-corrected chi connectivity index (χ4v) is 7.97. The van der Waals surface area contributed by atoms with Gasteiger partial charge in [0.2, 0.25) is 0 Å². The molecule has 6 heterocycles. The van der Waals surface area contributed by atoms with Gasteiger partial charge in [-0.05, 0) is 29.3 Å². The fraction of sp³-hybridized carbons (Fsp3) is 0.500. The Kier molecular flexibility index (Phi) is 9.95. The molecule has 0 saturated carbocycles. The summed E-state index contributed by atoms with van der Waals surface area (Å²) in [4.78, 5) is 13.5. The molecule has 11 nitrogen and oxygen atoms in total. The molecule has 0 aromatic carbocycles. The number of halogens is 1. The Hall–Kier alpha value is -1.56. The number of aliphatic imine (C=N–C) groups is 1. The van der Waals surface area contributed by atoms with Crippen molar-refractivity contribution in [3.05, 3.63) is 38.9 Å². The Morgan fingerprint density at radius 2 is 1.21 bits per heavy atom. The molecule has 15 heteroatoms. The number of ether oxygens (including phenoxy) is 3. The van der Waals surface area contributed by atoms with Crippen LogP contribution in [-0.4, -0.2) is 94.9 Å². The fourth-order valence-electron chi connectivity index (χ4n) is 4.48. The predicted molar refractivity (Wildman–Crippen MR) is 143 cm³/mol. The number of anilines is 2. The average Bonchev–Trinajstić information content (AvgIpc) is 3.72. The number of nitrogens with zero attached hydrogens (tertiary/aromatic N) is 4. The third-order valence-electron chi connectivity index (χ3n) is 6.34. The SMILES string of the molecule is C1=NC(=[N+]2CCOCC2)SC1=C(c1ccc(N2CCOCC2)s1)c1ccc(N2CCOCC2)s1.[O-][Cl+3]([O-])([O-])[O-]. The lowest BCUT2D eigenvalue weighted by Gasteiger charge is -2.27. The molecular weight excluding hydrogens is 588 g/mol. The van der Waals surface area contributed by atoms with Crippen LogP contribution < -0.4 is 28.4 Å². The maximum absolute atomic E-state index is 8.49. The highest BCUT2D eigenvalue weighted by atomic mass is 35.7. The van der Waals surface area contributed by atoms with Gasteiger partial charge in [-0.1, -0.05) is 0 Å². The Morgan fingerprint density at radius 3 is 1.69 bits per heavy atom. The summed E-state index contributed by atoms with van der Waals surface area (Å²) < 4.78 is 53.0. The Morgan fingerprint density at radius 1 is 0.744 bits per heavy atom. The number of hydrogen-bond donors (Lipinski definition) is 0. The molecule has 0 unspecified atom stereocenters. The van der Waals surface area contributed by atoms with Crippen molar-refractivity contribution >= 4 is 61.4 Å². The third kappa shape index (κ3) is 8.01. The molecule has 0 radical (unpaired) electrons. The van der Waals surface area contributed by atoms with Crippen LogP contribution in [0.25, 0.3) is 5.57 Å². The smallest absolute Gasteiger partial charge is 0.359 e. The Bertz CT molecular complexity index is 1140. The minimum absolute atomic E-state index is 0.771. The molecule has 0 N–H and O–H groups in total. The van der Waals surface area contributed by atoms with Gasteiger partial charge in [0.15, 0.2) is 6.21 Å². The zero-order valence-electron chi connectivity index (χ0n) is 21.1. The summed E-state index contributed by atoms with van der Waals surface area (Å²) in [5.74, 6) is 0. The standard InChI is InChI=1S/C24H29N4O3S3.ClHO4/c1-3-21(26-5-11-29-12-6-26)32-18(1)23(19-2-4-22(33-19)27-7-13-30-14-8-27)20-17-25-24(34-20)28-9-15-31-16-10-28;2-1(3,4)5/h1-4,17H,5-16H2;(H,2,3,4,5)/q+1;/p-1. The van der Waals surface area contributed by atoms with Crippen LogP contribution in [0.5, 0.6) is 0 Å². The Balaban J connectivity index is 0.000000567. The highest BCUT2D eigenvalue weighted by molar-refractivity contribution is 8.18. The minimum atomic E-state index is -4.94. The van der Waals surface area contributed by atoms with Gasteiger partial charge in [0, 0.05) is 53.3 Å². The molecule has 0 atom stereocenters. The van der Waals surface area contributed by atoms with Crippen molar-refractivity contribution < 1.29 is 47.7 Å². The topological polar surface area (TPSA) is 142 Å². The van der Waals surface area contributed by atoms with Gasteiger partial charge in [-0.3, -0.25) is 0 Å². The van der Waals surface area contributed by atoms with E-state index in [1.54, 1.807) is 11.8 Å². The van der Waals surface area contributed by atoms with Gasteiger partial charge >= 0.3 is 5.17 Å². The van der Waals surface area contributed by atoms with Crippen molar-refractivity contribution in [2.45, 2.75) is 0 Å².